The molecule has 1 heterocycles. The van der Waals surface area contributed by atoms with Crippen molar-refractivity contribution in [2.24, 2.45) is 0 Å². The van der Waals surface area contributed by atoms with E-state index in [2.05, 4.69) is 0 Å². The van der Waals surface area contributed by atoms with E-state index >= 15 is 0 Å². The minimum absolute atomic E-state index is 0.0429. The number of aliphatic hydroxyl groups is 1. The predicted octanol–water partition coefficient (Wildman–Crippen LogP) is 4.18. The van der Waals surface area contributed by atoms with Crippen molar-refractivity contribution >= 4 is 21.4 Å². The van der Waals surface area contributed by atoms with Crippen LogP contribution < -0.4 is 0 Å². The van der Waals surface area contributed by atoms with Crippen molar-refractivity contribution < 1.29 is 39.9 Å². The minimum atomic E-state index is -6.03. The number of hydrogen-bond acceptors (Lipinski definition) is 3. The Labute approximate surface area is 153 Å². The number of aliphatic hydroxyl groups excluding tert-OH is 1. The van der Waals surface area contributed by atoms with Crippen LogP contribution in [0.25, 0.3) is 5.69 Å². The first kappa shape index (κ1) is 20.0. The Morgan fingerprint density at radius 1 is 1.26 bits per heavy atom. The van der Waals surface area contributed by atoms with Gasteiger partial charge in [0.2, 0.25) is 0 Å². The number of sulfone groups is 1. The molecule has 1 N–H and O–H groups in total. The normalized spacial score (nSPS) is 19.8. The van der Waals surface area contributed by atoms with E-state index in [9.17, 15) is 39.9 Å². The maximum Gasteiger partial charge on any atom is 0.501 e. The molecule has 12 heteroatoms. The molecule has 1 aromatic carbocycles. The Morgan fingerprint density at radius 2 is 1.89 bits per heavy atom. The lowest BCUT2D eigenvalue weighted by atomic mass is 9.91. The van der Waals surface area contributed by atoms with E-state index in [1.807, 2.05) is 0 Å². The minimum Gasteiger partial charge on any atom is -0.382 e. The molecular formula is C15H10ClF6NO3S. The molecule has 1 aliphatic rings. The highest BCUT2D eigenvalue weighted by molar-refractivity contribution is 7.92. The molecule has 0 aliphatic heterocycles. The SMILES string of the molecule is O=S(=O)(c1cn(-c2ccc(F)c(Cl)c2)c2c1[C@H](O)C(F)(F)CC2)C(F)(F)F. The van der Waals surface area contributed by atoms with Crippen LogP contribution in [0, 0.1) is 5.82 Å². The zero-order valence-electron chi connectivity index (χ0n) is 13.1. The number of rotatable bonds is 2. The van der Waals surface area contributed by atoms with Crippen molar-refractivity contribution in [3.05, 3.63) is 46.5 Å². The molecule has 0 spiro atoms. The lowest BCUT2D eigenvalue weighted by Gasteiger charge is -2.29. The molecule has 1 aliphatic carbocycles. The average Bonchev–Trinajstić information content (AvgIpc) is 2.93. The summed E-state index contributed by atoms with van der Waals surface area (Å²) in [5.74, 6) is -4.65. The van der Waals surface area contributed by atoms with Crippen molar-refractivity contribution in [2.45, 2.75) is 35.3 Å². The third kappa shape index (κ3) is 3.11. The van der Waals surface area contributed by atoms with Gasteiger partial charge in [0.15, 0.2) is 0 Å². The van der Waals surface area contributed by atoms with Crippen LogP contribution in [-0.4, -0.2) is 29.5 Å². The van der Waals surface area contributed by atoms with Crippen LogP contribution in [0.15, 0.2) is 29.3 Å². The van der Waals surface area contributed by atoms with E-state index in [1.54, 1.807) is 0 Å². The highest BCUT2D eigenvalue weighted by atomic mass is 35.5. The highest BCUT2D eigenvalue weighted by Crippen LogP contribution is 2.47. The quantitative estimate of drug-likeness (QED) is 0.723. The number of nitrogens with zero attached hydrogens (tertiary/aromatic N) is 1. The molecule has 0 saturated carbocycles. The van der Waals surface area contributed by atoms with E-state index < -0.39 is 61.5 Å². The number of benzene rings is 1. The van der Waals surface area contributed by atoms with E-state index in [0.717, 1.165) is 22.8 Å². The molecular weight excluding hydrogens is 424 g/mol. The van der Waals surface area contributed by atoms with E-state index in [0.29, 0.717) is 6.20 Å². The fourth-order valence-electron chi connectivity index (χ4n) is 2.92. The van der Waals surface area contributed by atoms with Gasteiger partial charge < -0.3 is 9.67 Å². The van der Waals surface area contributed by atoms with Crippen LogP contribution in [-0.2, 0) is 16.3 Å². The zero-order valence-corrected chi connectivity index (χ0v) is 14.6. The van der Waals surface area contributed by atoms with Gasteiger partial charge in [-0.1, -0.05) is 11.6 Å². The Balaban J connectivity index is 2.33. The zero-order chi connectivity index (χ0) is 20.4. The number of halogens is 7. The molecule has 0 bridgehead atoms. The average molecular weight is 434 g/mol. The van der Waals surface area contributed by atoms with Gasteiger partial charge in [-0.15, -0.1) is 0 Å². The van der Waals surface area contributed by atoms with Gasteiger partial charge in [-0.05, 0) is 24.6 Å². The highest BCUT2D eigenvalue weighted by Gasteiger charge is 2.53. The third-order valence-electron chi connectivity index (χ3n) is 4.26. The molecule has 27 heavy (non-hydrogen) atoms. The molecule has 0 unspecified atom stereocenters. The summed E-state index contributed by atoms with van der Waals surface area (Å²) in [4.78, 5) is -1.47. The summed E-state index contributed by atoms with van der Waals surface area (Å²) in [5.41, 5.74) is -7.08. The van der Waals surface area contributed by atoms with Crippen LogP contribution in [0.1, 0.15) is 23.8 Å². The third-order valence-corrected chi connectivity index (χ3v) is 6.06. The second-order valence-corrected chi connectivity index (χ2v) is 8.25. The molecule has 0 fully saturated rings. The fraction of sp³-hybridized carbons (Fsp3) is 0.333. The predicted molar refractivity (Wildman–Crippen MR) is 82.2 cm³/mol. The molecule has 2 aromatic rings. The second kappa shape index (κ2) is 6.14. The molecule has 0 amide bonds. The number of aromatic nitrogens is 1. The standard InChI is InChI=1S/C15H10ClF6NO3S/c16-8-5-7(1-2-9(8)17)23-6-11(27(25,26)15(20,21)22)12-10(23)3-4-14(18,19)13(12)24/h1-2,5-6,13,24H,3-4H2/t13-/m0/s1. The van der Waals surface area contributed by atoms with Gasteiger partial charge >= 0.3 is 5.51 Å². The maximum atomic E-state index is 13.9. The summed E-state index contributed by atoms with van der Waals surface area (Å²) < 4.78 is 105. The number of hydrogen-bond donors (Lipinski definition) is 1. The lowest BCUT2D eigenvalue weighted by Crippen LogP contribution is -2.34. The molecule has 3 rings (SSSR count). The van der Waals surface area contributed by atoms with Gasteiger partial charge in [0.05, 0.1) is 5.02 Å². The summed E-state index contributed by atoms with van der Waals surface area (Å²) in [5, 5.41) is 9.47. The van der Waals surface area contributed by atoms with E-state index in [1.165, 1.54) is 0 Å². The number of fused-ring (bicyclic) bond motifs is 1. The van der Waals surface area contributed by atoms with Crippen LogP contribution in [0.2, 0.25) is 5.02 Å². The molecule has 1 aromatic heterocycles. The van der Waals surface area contributed by atoms with Gasteiger partial charge in [-0.2, -0.15) is 13.2 Å². The van der Waals surface area contributed by atoms with Crippen molar-refractivity contribution in [1.29, 1.82) is 0 Å². The van der Waals surface area contributed by atoms with E-state index in [-0.39, 0.29) is 11.4 Å². The van der Waals surface area contributed by atoms with Gasteiger partial charge in [0, 0.05) is 29.6 Å². The Kier molecular flexibility index (Phi) is 4.56. The monoisotopic (exact) mass is 433 g/mol. The summed E-state index contributed by atoms with van der Waals surface area (Å²) in [6.45, 7) is 0. The smallest absolute Gasteiger partial charge is 0.382 e. The summed E-state index contributed by atoms with van der Waals surface area (Å²) in [6, 6.07) is 2.97. The van der Waals surface area contributed by atoms with E-state index in [4.69, 9.17) is 11.6 Å². The van der Waals surface area contributed by atoms with Gasteiger partial charge in [0.25, 0.3) is 15.8 Å². The molecule has 0 saturated heterocycles. The summed E-state index contributed by atoms with van der Waals surface area (Å²) in [7, 11) is -6.03. The largest absolute Gasteiger partial charge is 0.501 e. The lowest BCUT2D eigenvalue weighted by molar-refractivity contribution is -0.123. The summed E-state index contributed by atoms with van der Waals surface area (Å²) in [6.07, 6.45) is -3.68. The molecule has 1 atom stereocenters. The van der Waals surface area contributed by atoms with Crippen molar-refractivity contribution in [1.82, 2.24) is 4.57 Å². The van der Waals surface area contributed by atoms with Crippen LogP contribution >= 0.6 is 11.6 Å². The van der Waals surface area contributed by atoms with Crippen LogP contribution in [0.4, 0.5) is 26.3 Å². The first-order valence-corrected chi connectivity index (χ1v) is 9.20. The second-order valence-electron chi connectivity index (χ2n) is 5.93. The number of alkyl halides is 5. The maximum absolute atomic E-state index is 13.9. The van der Waals surface area contributed by atoms with Crippen LogP contribution in [0.5, 0.6) is 0 Å². The Hall–Kier alpha value is -1.72. The van der Waals surface area contributed by atoms with Gasteiger partial charge in [0.1, 0.15) is 16.8 Å². The van der Waals surface area contributed by atoms with Crippen molar-refractivity contribution in [3.63, 3.8) is 0 Å². The molecule has 148 valence electrons. The first-order valence-electron chi connectivity index (χ1n) is 7.34. The Bertz CT molecular complexity index is 1020. The first-order chi connectivity index (χ1) is 12.3. The molecule has 0 radical (unpaired) electrons. The van der Waals surface area contributed by atoms with Crippen LogP contribution in [0.3, 0.4) is 0 Å². The van der Waals surface area contributed by atoms with Gasteiger partial charge in [-0.25, -0.2) is 21.6 Å². The van der Waals surface area contributed by atoms with Gasteiger partial charge in [-0.3, -0.25) is 0 Å². The Morgan fingerprint density at radius 3 is 2.44 bits per heavy atom. The summed E-state index contributed by atoms with van der Waals surface area (Å²) >= 11 is 5.63. The fourth-order valence-corrected chi connectivity index (χ4v) is 4.11. The van der Waals surface area contributed by atoms with Crippen molar-refractivity contribution in [2.75, 3.05) is 0 Å². The molecule has 4 nitrogen and oxygen atoms in total. The van der Waals surface area contributed by atoms with Crippen molar-refractivity contribution in [3.8, 4) is 5.69 Å². The topological polar surface area (TPSA) is 59.3 Å².